The number of pyridine rings is 1. The number of sulfonamides is 1. The van der Waals surface area contributed by atoms with Crippen LogP contribution in [0.3, 0.4) is 0 Å². The number of nitrogens with zero attached hydrogens (tertiary/aromatic N) is 1. The van der Waals surface area contributed by atoms with Gasteiger partial charge in [0.05, 0.1) is 10.6 Å². The van der Waals surface area contributed by atoms with Crippen molar-refractivity contribution in [3.05, 3.63) is 48.8 Å². The third kappa shape index (κ3) is 2.73. The predicted molar refractivity (Wildman–Crippen MR) is 63.2 cm³/mol. The summed E-state index contributed by atoms with van der Waals surface area (Å²) in [4.78, 5) is 3.88. The Balaban J connectivity index is 2.29. The van der Waals surface area contributed by atoms with Gasteiger partial charge in [0.1, 0.15) is 5.75 Å². The van der Waals surface area contributed by atoms with Gasteiger partial charge in [-0.3, -0.25) is 9.71 Å². The highest BCUT2D eigenvalue weighted by Crippen LogP contribution is 2.17. The van der Waals surface area contributed by atoms with Crippen LogP contribution in [-0.4, -0.2) is 18.5 Å². The first kappa shape index (κ1) is 11.4. The van der Waals surface area contributed by atoms with Crippen LogP contribution in [0.2, 0.25) is 0 Å². The van der Waals surface area contributed by atoms with Crippen LogP contribution in [0, 0.1) is 0 Å². The number of benzene rings is 1. The molecule has 88 valence electrons. The van der Waals surface area contributed by atoms with E-state index in [-0.39, 0.29) is 10.6 Å². The topological polar surface area (TPSA) is 79.3 Å². The molecule has 0 spiro atoms. The van der Waals surface area contributed by atoms with E-state index in [1.807, 2.05) is 0 Å². The highest BCUT2D eigenvalue weighted by Gasteiger charge is 2.13. The van der Waals surface area contributed by atoms with Crippen LogP contribution in [0.15, 0.2) is 53.7 Å². The summed E-state index contributed by atoms with van der Waals surface area (Å²) >= 11 is 0. The Bertz CT molecular complexity index is 594. The molecule has 0 fully saturated rings. The van der Waals surface area contributed by atoms with Crippen LogP contribution in [0.5, 0.6) is 5.75 Å². The molecule has 0 radical (unpaired) electrons. The van der Waals surface area contributed by atoms with Crippen molar-refractivity contribution in [3.8, 4) is 5.75 Å². The van der Waals surface area contributed by atoms with Gasteiger partial charge in [0.25, 0.3) is 10.0 Å². The number of phenols is 1. The molecule has 2 aromatic rings. The lowest BCUT2D eigenvalue weighted by molar-refractivity contribution is 0.475. The molecule has 1 heterocycles. The van der Waals surface area contributed by atoms with E-state index < -0.39 is 10.0 Å². The van der Waals surface area contributed by atoms with Crippen LogP contribution in [-0.2, 0) is 10.0 Å². The van der Waals surface area contributed by atoms with Crippen molar-refractivity contribution in [2.24, 2.45) is 0 Å². The van der Waals surface area contributed by atoms with Crippen LogP contribution in [0.1, 0.15) is 0 Å². The fraction of sp³-hybridized carbons (Fsp3) is 0. The van der Waals surface area contributed by atoms with E-state index in [2.05, 4.69) is 9.71 Å². The number of nitrogens with one attached hydrogen (secondary N) is 1. The third-order valence-electron chi connectivity index (χ3n) is 2.08. The summed E-state index contributed by atoms with van der Waals surface area (Å²) in [5, 5.41) is 9.09. The molecule has 0 aliphatic heterocycles. The van der Waals surface area contributed by atoms with Crippen molar-refractivity contribution in [1.82, 2.24) is 4.98 Å². The maximum atomic E-state index is 11.9. The van der Waals surface area contributed by atoms with E-state index in [0.29, 0.717) is 5.69 Å². The van der Waals surface area contributed by atoms with Gasteiger partial charge >= 0.3 is 0 Å². The number of hydrogen-bond acceptors (Lipinski definition) is 4. The highest BCUT2D eigenvalue weighted by atomic mass is 32.2. The fourth-order valence-corrected chi connectivity index (χ4v) is 2.32. The molecule has 17 heavy (non-hydrogen) atoms. The Morgan fingerprint density at radius 1 is 1.00 bits per heavy atom. The Labute approximate surface area is 98.8 Å². The minimum absolute atomic E-state index is 0.0212. The molecule has 1 aromatic heterocycles. The molecule has 0 saturated carbocycles. The molecule has 0 aliphatic rings. The van der Waals surface area contributed by atoms with E-state index >= 15 is 0 Å². The Morgan fingerprint density at radius 2 is 1.59 bits per heavy atom. The number of aromatic nitrogens is 1. The fourth-order valence-electron chi connectivity index (χ4n) is 1.26. The molecule has 2 rings (SSSR count). The van der Waals surface area contributed by atoms with Crippen molar-refractivity contribution >= 4 is 15.7 Å². The normalized spacial score (nSPS) is 11.1. The lowest BCUT2D eigenvalue weighted by Crippen LogP contribution is -2.12. The number of aromatic hydroxyl groups is 1. The molecule has 0 atom stereocenters. The highest BCUT2D eigenvalue weighted by molar-refractivity contribution is 7.92. The molecule has 5 nitrogen and oxygen atoms in total. The molecule has 0 unspecified atom stereocenters. The third-order valence-corrected chi connectivity index (χ3v) is 3.48. The molecule has 1 aromatic carbocycles. The zero-order chi connectivity index (χ0) is 12.3. The van der Waals surface area contributed by atoms with Gasteiger partial charge in [-0.25, -0.2) is 8.42 Å². The van der Waals surface area contributed by atoms with Crippen LogP contribution >= 0.6 is 0 Å². The number of rotatable bonds is 3. The number of phenolic OH excluding ortho intramolecular Hbond substituents is 1. The van der Waals surface area contributed by atoms with E-state index in [0.717, 1.165) is 0 Å². The van der Waals surface area contributed by atoms with Gasteiger partial charge < -0.3 is 5.11 Å². The van der Waals surface area contributed by atoms with E-state index in [4.69, 9.17) is 5.11 Å². The summed E-state index contributed by atoms with van der Waals surface area (Å²) < 4.78 is 26.2. The molecule has 2 N–H and O–H groups in total. The first-order chi connectivity index (χ1) is 8.08. The van der Waals surface area contributed by atoms with Crippen LogP contribution in [0.4, 0.5) is 5.69 Å². The summed E-state index contributed by atoms with van der Waals surface area (Å²) in [6.45, 7) is 0. The van der Waals surface area contributed by atoms with E-state index in [1.54, 1.807) is 12.1 Å². The maximum absolute atomic E-state index is 11.9. The SMILES string of the molecule is O=S(=O)(Nc1ccncc1)c1ccc(O)cc1. The summed E-state index contributed by atoms with van der Waals surface area (Å²) in [7, 11) is -3.62. The second-order valence-electron chi connectivity index (χ2n) is 3.34. The summed E-state index contributed by atoms with van der Waals surface area (Å²) in [5.41, 5.74) is 0.438. The van der Waals surface area contributed by atoms with Crippen molar-refractivity contribution in [2.45, 2.75) is 4.90 Å². The van der Waals surface area contributed by atoms with E-state index in [1.165, 1.54) is 36.7 Å². The second kappa shape index (κ2) is 4.42. The Kier molecular flexibility index (Phi) is 2.97. The summed E-state index contributed by atoms with van der Waals surface area (Å²) in [5.74, 6) is 0.0212. The molecule has 6 heteroatoms. The largest absolute Gasteiger partial charge is 0.508 e. The van der Waals surface area contributed by atoms with Crippen molar-refractivity contribution in [1.29, 1.82) is 0 Å². The number of anilines is 1. The van der Waals surface area contributed by atoms with Crippen molar-refractivity contribution in [3.63, 3.8) is 0 Å². The van der Waals surface area contributed by atoms with Gasteiger partial charge in [0.2, 0.25) is 0 Å². The minimum Gasteiger partial charge on any atom is -0.508 e. The average molecular weight is 250 g/mol. The predicted octanol–water partition coefficient (Wildman–Crippen LogP) is 1.59. The van der Waals surface area contributed by atoms with E-state index in [9.17, 15) is 8.42 Å². The average Bonchev–Trinajstić information content (AvgIpc) is 2.30. The summed E-state index contributed by atoms with van der Waals surface area (Å²) in [6, 6.07) is 8.41. The van der Waals surface area contributed by atoms with Gasteiger partial charge in [0, 0.05) is 12.4 Å². The molecule has 0 amide bonds. The Hall–Kier alpha value is -2.08. The second-order valence-corrected chi connectivity index (χ2v) is 5.02. The first-order valence-electron chi connectivity index (χ1n) is 4.80. The molecule has 0 aliphatic carbocycles. The lowest BCUT2D eigenvalue weighted by Gasteiger charge is -2.07. The smallest absolute Gasteiger partial charge is 0.261 e. The molecule has 0 saturated heterocycles. The minimum atomic E-state index is -3.62. The first-order valence-corrected chi connectivity index (χ1v) is 6.28. The van der Waals surface area contributed by atoms with Crippen molar-refractivity contribution in [2.75, 3.05) is 4.72 Å². The monoisotopic (exact) mass is 250 g/mol. The van der Waals surface area contributed by atoms with Gasteiger partial charge in [-0.15, -0.1) is 0 Å². The maximum Gasteiger partial charge on any atom is 0.261 e. The zero-order valence-corrected chi connectivity index (χ0v) is 9.55. The van der Waals surface area contributed by atoms with Crippen LogP contribution in [0.25, 0.3) is 0 Å². The number of hydrogen-bond donors (Lipinski definition) is 2. The lowest BCUT2D eigenvalue weighted by atomic mass is 10.3. The van der Waals surface area contributed by atoms with Gasteiger partial charge in [-0.2, -0.15) is 0 Å². The summed E-state index contributed by atoms with van der Waals surface area (Å²) in [6.07, 6.45) is 2.99. The van der Waals surface area contributed by atoms with Gasteiger partial charge in [-0.1, -0.05) is 0 Å². The Morgan fingerprint density at radius 3 is 2.18 bits per heavy atom. The molecular weight excluding hydrogens is 240 g/mol. The zero-order valence-electron chi connectivity index (χ0n) is 8.74. The van der Waals surface area contributed by atoms with Gasteiger partial charge in [-0.05, 0) is 36.4 Å². The van der Waals surface area contributed by atoms with Gasteiger partial charge in [0.15, 0.2) is 0 Å². The van der Waals surface area contributed by atoms with Crippen molar-refractivity contribution < 1.29 is 13.5 Å². The van der Waals surface area contributed by atoms with Crippen LogP contribution < -0.4 is 4.72 Å². The quantitative estimate of drug-likeness (QED) is 0.867. The molecular formula is C11H10N2O3S. The molecule has 0 bridgehead atoms. The standard InChI is InChI=1S/C11H10N2O3S/c14-10-1-3-11(4-2-10)17(15,16)13-9-5-7-12-8-6-9/h1-8,14H,(H,12,13).